The molecular weight excluding hydrogens is 188 g/mol. The van der Waals surface area contributed by atoms with Gasteiger partial charge in [-0.15, -0.1) is 0 Å². The van der Waals surface area contributed by atoms with Crippen LogP contribution in [0.15, 0.2) is 6.33 Å². The number of hydrogen-bond acceptors (Lipinski definition) is 3. The molecule has 2 unspecified atom stereocenters. The minimum atomic E-state index is 0.405. The molecule has 1 aromatic rings. The first-order valence-corrected chi connectivity index (χ1v) is 5.95. The van der Waals surface area contributed by atoms with Gasteiger partial charge < -0.3 is 5.32 Å². The van der Waals surface area contributed by atoms with E-state index in [0.717, 1.165) is 12.4 Å². The highest BCUT2D eigenvalue weighted by molar-refractivity contribution is 4.97. The van der Waals surface area contributed by atoms with Crippen molar-refractivity contribution >= 4 is 0 Å². The molecule has 0 fully saturated rings. The molecule has 0 amide bonds. The molecule has 0 aliphatic carbocycles. The van der Waals surface area contributed by atoms with Gasteiger partial charge in [0, 0.05) is 12.6 Å². The predicted molar refractivity (Wildman–Crippen MR) is 59.5 cm³/mol. The van der Waals surface area contributed by atoms with E-state index in [1.54, 1.807) is 6.33 Å². The van der Waals surface area contributed by atoms with Crippen molar-refractivity contribution in [3.8, 4) is 0 Å². The van der Waals surface area contributed by atoms with Crippen LogP contribution in [0.2, 0.25) is 0 Å². The number of nitrogens with one attached hydrogen (secondary N) is 1. The minimum absolute atomic E-state index is 0.405. The maximum absolute atomic E-state index is 4.34. The number of rotatable bonds is 4. The molecule has 0 saturated carbocycles. The lowest BCUT2D eigenvalue weighted by Gasteiger charge is -2.26. The van der Waals surface area contributed by atoms with Crippen LogP contribution < -0.4 is 5.32 Å². The summed E-state index contributed by atoms with van der Waals surface area (Å²) in [4.78, 5) is 4.34. The average molecular weight is 208 g/mol. The van der Waals surface area contributed by atoms with Gasteiger partial charge in [-0.05, 0) is 26.2 Å². The largest absolute Gasteiger partial charge is 0.305 e. The zero-order valence-electron chi connectivity index (χ0n) is 9.61. The summed E-state index contributed by atoms with van der Waals surface area (Å²) in [5.41, 5.74) is 0. The smallest absolute Gasteiger partial charge is 0.143 e. The van der Waals surface area contributed by atoms with Crippen LogP contribution >= 0.6 is 0 Å². The highest BCUT2D eigenvalue weighted by Crippen LogP contribution is 2.22. The Kier molecular flexibility index (Phi) is 3.36. The topological polar surface area (TPSA) is 42.7 Å². The maximum Gasteiger partial charge on any atom is 0.143 e. The van der Waals surface area contributed by atoms with Gasteiger partial charge in [-0.1, -0.05) is 13.3 Å². The lowest BCUT2D eigenvalue weighted by atomic mass is 10.1. The van der Waals surface area contributed by atoms with Crippen LogP contribution in [0.25, 0.3) is 0 Å². The SMILES string of the molecule is CCCC(C)NC1CCCn2ncnc21. The van der Waals surface area contributed by atoms with Crippen molar-refractivity contribution in [3.63, 3.8) is 0 Å². The van der Waals surface area contributed by atoms with Crippen molar-refractivity contribution in [2.24, 2.45) is 0 Å². The number of aryl methyl sites for hydroxylation is 1. The number of hydrogen-bond donors (Lipinski definition) is 1. The van der Waals surface area contributed by atoms with Crippen LogP contribution in [0.3, 0.4) is 0 Å². The predicted octanol–water partition coefficient (Wildman–Crippen LogP) is 1.89. The van der Waals surface area contributed by atoms with E-state index >= 15 is 0 Å². The fourth-order valence-corrected chi connectivity index (χ4v) is 2.31. The molecule has 1 aliphatic heterocycles. The number of nitrogens with zero attached hydrogens (tertiary/aromatic N) is 3. The minimum Gasteiger partial charge on any atom is -0.305 e. The molecule has 84 valence electrons. The van der Waals surface area contributed by atoms with E-state index < -0.39 is 0 Å². The van der Waals surface area contributed by atoms with Crippen LogP contribution in [0.5, 0.6) is 0 Å². The van der Waals surface area contributed by atoms with Gasteiger partial charge in [0.25, 0.3) is 0 Å². The summed E-state index contributed by atoms with van der Waals surface area (Å²) in [5, 5.41) is 7.86. The van der Waals surface area contributed by atoms with Crippen molar-refractivity contribution < 1.29 is 0 Å². The standard InChI is InChI=1S/C11H20N4/c1-3-5-9(2)14-10-6-4-7-15-11(10)12-8-13-15/h8-10,14H,3-7H2,1-2H3. The summed E-state index contributed by atoms with van der Waals surface area (Å²) in [5.74, 6) is 1.12. The van der Waals surface area contributed by atoms with Crippen molar-refractivity contribution in [1.29, 1.82) is 0 Å². The molecule has 0 bridgehead atoms. The summed E-state index contributed by atoms with van der Waals surface area (Å²) in [6.45, 7) is 5.50. The molecule has 0 spiro atoms. The maximum atomic E-state index is 4.34. The fourth-order valence-electron chi connectivity index (χ4n) is 2.31. The Morgan fingerprint density at radius 3 is 3.33 bits per heavy atom. The van der Waals surface area contributed by atoms with E-state index in [1.165, 1.54) is 25.7 Å². The van der Waals surface area contributed by atoms with Gasteiger partial charge in [-0.2, -0.15) is 5.10 Å². The third-order valence-corrected chi connectivity index (χ3v) is 3.03. The van der Waals surface area contributed by atoms with Crippen LogP contribution in [0.4, 0.5) is 0 Å². The molecular formula is C11H20N4. The van der Waals surface area contributed by atoms with Crippen molar-refractivity contribution in [2.45, 2.75) is 58.2 Å². The lowest BCUT2D eigenvalue weighted by molar-refractivity contribution is 0.334. The summed E-state index contributed by atoms with van der Waals surface area (Å²) in [6.07, 6.45) is 6.51. The monoisotopic (exact) mass is 208 g/mol. The van der Waals surface area contributed by atoms with Crippen LogP contribution in [0.1, 0.15) is 51.4 Å². The Balaban J connectivity index is 2.00. The van der Waals surface area contributed by atoms with Gasteiger partial charge in [-0.3, -0.25) is 0 Å². The Morgan fingerprint density at radius 1 is 1.67 bits per heavy atom. The second kappa shape index (κ2) is 4.75. The Morgan fingerprint density at radius 2 is 2.53 bits per heavy atom. The lowest BCUT2D eigenvalue weighted by Crippen LogP contribution is -2.34. The van der Waals surface area contributed by atoms with Gasteiger partial charge in [0.1, 0.15) is 12.2 Å². The van der Waals surface area contributed by atoms with Crippen molar-refractivity contribution in [3.05, 3.63) is 12.2 Å². The summed E-state index contributed by atoms with van der Waals surface area (Å²) in [7, 11) is 0. The van der Waals surface area contributed by atoms with Crippen LogP contribution in [-0.4, -0.2) is 20.8 Å². The molecule has 2 heterocycles. The zero-order valence-corrected chi connectivity index (χ0v) is 9.61. The molecule has 0 radical (unpaired) electrons. The normalized spacial score (nSPS) is 22.4. The highest BCUT2D eigenvalue weighted by Gasteiger charge is 2.22. The van der Waals surface area contributed by atoms with Gasteiger partial charge in [0.15, 0.2) is 0 Å². The van der Waals surface area contributed by atoms with Gasteiger partial charge in [0.2, 0.25) is 0 Å². The zero-order chi connectivity index (χ0) is 10.7. The molecule has 1 aliphatic rings. The molecule has 1 aromatic heterocycles. The average Bonchev–Trinajstić information content (AvgIpc) is 2.67. The quantitative estimate of drug-likeness (QED) is 0.821. The van der Waals surface area contributed by atoms with E-state index in [0.29, 0.717) is 12.1 Å². The van der Waals surface area contributed by atoms with E-state index in [1.807, 2.05) is 4.68 Å². The molecule has 4 nitrogen and oxygen atoms in total. The summed E-state index contributed by atoms with van der Waals surface area (Å²) in [6, 6.07) is 0.978. The fraction of sp³-hybridized carbons (Fsp3) is 0.818. The Bertz CT molecular complexity index is 307. The molecule has 0 saturated heterocycles. The molecule has 2 rings (SSSR count). The van der Waals surface area contributed by atoms with Gasteiger partial charge >= 0.3 is 0 Å². The second-order valence-electron chi connectivity index (χ2n) is 4.39. The van der Waals surface area contributed by atoms with Crippen LogP contribution in [-0.2, 0) is 6.54 Å². The number of fused-ring (bicyclic) bond motifs is 1. The first-order chi connectivity index (χ1) is 7.31. The third kappa shape index (κ3) is 2.37. The first-order valence-electron chi connectivity index (χ1n) is 5.95. The Labute approximate surface area is 91.1 Å². The summed E-state index contributed by atoms with van der Waals surface area (Å²) >= 11 is 0. The van der Waals surface area contributed by atoms with Gasteiger partial charge in [-0.25, -0.2) is 9.67 Å². The molecule has 2 atom stereocenters. The van der Waals surface area contributed by atoms with Gasteiger partial charge in [0.05, 0.1) is 6.04 Å². The summed E-state index contributed by atoms with van der Waals surface area (Å²) < 4.78 is 2.03. The molecule has 0 aromatic carbocycles. The first kappa shape index (κ1) is 10.6. The molecule has 1 N–H and O–H groups in total. The molecule has 4 heteroatoms. The Hall–Kier alpha value is -0.900. The van der Waals surface area contributed by atoms with E-state index in [4.69, 9.17) is 0 Å². The number of aromatic nitrogens is 3. The van der Waals surface area contributed by atoms with Crippen molar-refractivity contribution in [2.75, 3.05) is 0 Å². The van der Waals surface area contributed by atoms with Crippen LogP contribution in [0, 0.1) is 0 Å². The third-order valence-electron chi connectivity index (χ3n) is 3.03. The second-order valence-corrected chi connectivity index (χ2v) is 4.39. The highest BCUT2D eigenvalue weighted by atomic mass is 15.3. The molecule has 15 heavy (non-hydrogen) atoms. The van der Waals surface area contributed by atoms with E-state index in [2.05, 4.69) is 29.2 Å². The van der Waals surface area contributed by atoms with E-state index in [9.17, 15) is 0 Å². The van der Waals surface area contributed by atoms with Crippen molar-refractivity contribution in [1.82, 2.24) is 20.1 Å². The van der Waals surface area contributed by atoms with E-state index in [-0.39, 0.29) is 0 Å².